The Morgan fingerprint density at radius 1 is 1.23 bits per heavy atom. The van der Waals surface area contributed by atoms with Gasteiger partial charge in [-0.1, -0.05) is 41.9 Å². The number of hydrogen-bond donors (Lipinski definition) is 1. The molecular formula is C23H22ClNO5. The number of carbonyl (C=O) groups is 2. The Morgan fingerprint density at radius 2 is 2.00 bits per heavy atom. The average Bonchev–Trinajstić information content (AvgIpc) is 3.36. The Bertz CT molecular complexity index is 998. The molecule has 2 heterocycles. The molecule has 2 saturated heterocycles. The van der Waals surface area contributed by atoms with Gasteiger partial charge in [-0.15, -0.1) is 0 Å². The van der Waals surface area contributed by atoms with Gasteiger partial charge in [-0.3, -0.25) is 9.59 Å². The van der Waals surface area contributed by atoms with E-state index in [0.29, 0.717) is 29.5 Å². The largest absolute Gasteiger partial charge is 0.507 e. The van der Waals surface area contributed by atoms with E-state index in [9.17, 15) is 14.7 Å². The van der Waals surface area contributed by atoms with Crippen LogP contribution in [0.3, 0.4) is 0 Å². The molecule has 1 N–H and O–H groups in total. The summed E-state index contributed by atoms with van der Waals surface area (Å²) in [5, 5.41) is 11.4. The molecule has 4 rings (SSSR count). The number of aliphatic hydroxyl groups excluding tert-OH is 1. The van der Waals surface area contributed by atoms with Gasteiger partial charge in [0.25, 0.3) is 11.7 Å². The number of ether oxygens (including phenoxy) is 2. The van der Waals surface area contributed by atoms with Gasteiger partial charge in [0.2, 0.25) is 0 Å². The monoisotopic (exact) mass is 427 g/mol. The van der Waals surface area contributed by atoms with Gasteiger partial charge < -0.3 is 19.5 Å². The van der Waals surface area contributed by atoms with Crippen LogP contribution in [0.25, 0.3) is 5.76 Å². The Morgan fingerprint density at radius 3 is 2.63 bits per heavy atom. The number of rotatable bonds is 5. The second kappa shape index (κ2) is 8.50. The molecule has 2 aliphatic rings. The number of likely N-dealkylation sites (tertiary alicyclic amines) is 1. The fourth-order valence-electron chi connectivity index (χ4n) is 4.03. The standard InChI is InChI=1S/C23H22ClNO5/c1-29-18-10-9-15(12-17(18)24)21(26)19-20(14-6-3-2-4-7-14)25(23(28)22(19)27)13-16-8-5-11-30-16/h2-4,6-7,9-10,12,16,20,26H,5,8,11,13H2,1H3/b21-19-. The molecular weight excluding hydrogens is 406 g/mol. The molecule has 2 aliphatic heterocycles. The maximum absolute atomic E-state index is 13.0. The van der Waals surface area contributed by atoms with E-state index >= 15 is 0 Å². The molecule has 0 radical (unpaired) electrons. The van der Waals surface area contributed by atoms with Crippen LogP contribution in [0, 0.1) is 0 Å². The topological polar surface area (TPSA) is 76.1 Å². The molecule has 30 heavy (non-hydrogen) atoms. The minimum atomic E-state index is -0.716. The van der Waals surface area contributed by atoms with Crippen molar-refractivity contribution in [1.29, 1.82) is 0 Å². The van der Waals surface area contributed by atoms with Crippen molar-refractivity contribution in [3.63, 3.8) is 0 Å². The molecule has 0 saturated carbocycles. The minimum Gasteiger partial charge on any atom is -0.507 e. The summed E-state index contributed by atoms with van der Waals surface area (Å²) in [5.74, 6) is -1.17. The van der Waals surface area contributed by atoms with Crippen molar-refractivity contribution in [2.75, 3.05) is 20.3 Å². The summed E-state index contributed by atoms with van der Waals surface area (Å²) < 4.78 is 10.8. The van der Waals surface area contributed by atoms with Crippen molar-refractivity contribution >= 4 is 29.1 Å². The highest BCUT2D eigenvalue weighted by Crippen LogP contribution is 2.40. The summed E-state index contributed by atoms with van der Waals surface area (Å²) in [6.45, 7) is 0.944. The van der Waals surface area contributed by atoms with Gasteiger partial charge in [0, 0.05) is 18.7 Å². The maximum Gasteiger partial charge on any atom is 0.295 e. The summed E-state index contributed by atoms with van der Waals surface area (Å²) in [7, 11) is 1.49. The van der Waals surface area contributed by atoms with E-state index < -0.39 is 17.7 Å². The van der Waals surface area contributed by atoms with E-state index in [1.807, 2.05) is 30.3 Å². The van der Waals surface area contributed by atoms with Crippen LogP contribution in [0.2, 0.25) is 5.02 Å². The number of methoxy groups -OCH3 is 1. The van der Waals surface area contributed by atoms with Crippen molar-refractivity contribution in [3.8, 4) is 5.75 Å². The first-order chi connectivity index (χ1) is 14.5. The Kier molecular flexibility index (Phi) is 5.79. The minimum absolute atomic E-state index is 0.0467. The van der Waals surface area contributed by atoms with Gasteiger partial charge in [-0.2, -0.15) is 0 Å². The molecule has 2 atom stereocenters. The lowest BCUT2D eigenvalue weighted by Crippen LogP contribution is -2.36. The third-order valence-electron chi connectivity index (χ3n) is 5.50. The first kappa shape index (κ1) is 20.4. The lowest BCUT2D eigenvalue weighted by molar-refractivity contribution is -0.140. The van der Waals surface area contributed by atoms with E-state index in [0.717, 1.165) is 18.4 Å². The van der Waals surface area contributed by atoms with E-state index in [2.05, 4.69) is 0 Å². The fraction of sp³-hybridized carbons (Fsp3) is 0.304. The van der Waals surface area contributed by atoms with Gasteiger partial charge in [-0.25, -0.2) is 0 Å². The Labute approximate surface area is 179 Å². The van der Waals surface area contributed by atoms with Crippen LogP contribution in [-0.4, -0.2) is 48.1 Å². The molecule has 156 valence electrons. The predicted octanol–water partition coefficient (Wildman–Crippen LogP) is 3.95. The third-order valence-corrected chi connectivity index (χ3v) is 5.80. The highest BCUT2D eigenvalue weighted by Gasteiger charge is 2.47. The fourth-order valence-corrected chi connectivity index (χ4v) is 4.28. The number of Topliss-reactive ketones (excluding diaryl/α,β-unsaturated/α-hetero) is 1. The van der Waals surface area contributed by atoms with Crippen LogP contribution in [0.4, 0.5) is 0 Å². The second-order valence-electron chi connectivity index (χ2n) is 7.35. The highest BCUT2D eigenvalue weighted by atomic mass is 35.5. The zero-order chi connectivity index (χ0) is 21.3. The molecule has 2 aromatic rings. The first-order valence-electron chi connectivity index (χ1n) is 9.80. The zero-order valence-electron chi connectivity index (χ0n) is 16.5. The van der Waals surface area contributed by atoms with Crippen LogP contribution in [0.5, 0.6) is 5.75 Å². The van der Waals surface area contributed by atoms with Gasteiger partial charge >= 0.3 is 0 Å². The number of benzene rings is 2. The molecule has 0 bridgehead atoms. The van der Waals surface area contributed by atoms with Gasteiger partial charge in [-0.05, 0) is 36.6 Å². The van der Waals surface area contributed by atoms with Crippen LogP contribution >= 0.6 is 11.6 Å². The second-order valence-corrected chi connectivity index (χ2v) is 7.75. The summed E-state index contributed by atoms with van der Waals surface area (Å²) in [6.07, 6.45) is 1.64. The lowest BCUT2D eigenvalue weighted by Gasteiger charge is -2.27. The smallest absolute Gasteiger partial charge is 0.295 e. The van der Waals surface area contributed by atoms with Crippen LogP contribution in [0.1, 0.15) is 30.0 Å². The van der Waals surface area contributed by atoms with Gasteiger partial charge in [0.1, 0.15) is 11.5 Å². The normalized spacial score (nSPS) is 23.2. The number of aliphatic hydroxyl groups is 1. The predicted molar refractivity (Wildman–Crippen MR) is 112 cm³/mol. The third kappa shape index (κ3) is 3.68. The Hall–Kier alpha value is -2.83. The van der Waals surface area contributed by atoms with Crippen LogP contribution < -0.4 is 4.74 Å². The van der Waals surface area contributed by atoms with Crippen molar-refractivity contribution in [2.45, 2.75) is 25.0 Å². The number of amides is 1. The molecule has 2 aromatic carbocycles. The average molecular weight is 428 g/mol. The molecule has 0 aromatic heterocycles. The summed E-state index contributed by atoms with van der Waals surface area (Å²) in [6, 6.07) is 13.3. The Balaban J connectivity index is 1.81. The van der Waals surface area contributed by atoms with Crippen LogP contribution in [0.15, 0.2) is 54.1 Å². The zero-order valence-corrected chi connectivity index (χ0v) is 17.3. The SMILES string of the molecule is COc1ccc(/C(O)=C2/C(=O)C(=O)N(CC3CCCO3)C2c2ccccc2)cc1Cl. The maximum atomic E-state index is 13.0. The molecule has 2 unspecified atom stereocenters. The van der Waals surface area contributed by atoms with E-state index in [-0.39, 0.29) is 17.4 Å². The molecule has 2 fully saturated rings. The lowest BCUT2D eigenvalue weighted by atomic mass is 9.95. The quantitative estimate of drug-likeness (QED) is 0.444. The van der Waals surface area contributed by atoms with Crippen molar-refractivity contribution in [1.82, 2.24) is 4.90 Å². The number of ketones is 1. The molecule has 7 heteroatoms. The van der Waals surface area contributed by atoms with E-state index in [4.69, 9.17) is 21.1 Å². The van der Waals surface area contributed by atoms with Gasteiger partial charge in [0.15, 0.2) is 0 Å². The van der Waals surface area contributed by atoms with Gasteiger partial charge in [0.05, 0.1) is 29.9 Å². The molecule has 0 aliphatic carbocycles. The summed E-state index contributed by atoms with van der Waals surface area (Å²) in [4.78, 5) is 27.4. The van der Waals surface area contributed by atoms with Crippen LogP contribution in [-0.2, 0) is 14.3 Å². The molecule has 0 spiro atoms. The summed E-state index contributed by atoms with van der Waals surface area (Å²) >= 11 is 6.20. The van der Waals surface area contributed by atoms with E-state index in [1.165, 1.54) is 18.1 Å². The number of nitrogens with zero attached hydrogens (tertiary/aromatic N) is 1. The van der Waals surface area contributed by atoms with Crippen molar-refractivity contribution < 1.29 is 24.2 Å². The van der Waals surface area contributed by atoms with E-state index in [1.54, 1.807) is 12.1 Å². The van der Waals surface area contributed by atoms with Crippen molar-refractivity contribution in [2.24, 2.45) is 0 Å². The highest BCUT2D eigenvalue weighted by molar-refractivity contribution is 6.46. The first-order valence-corrected chi connectivity index (χ1v) is 10.2. The number of halogens is 1. The molecule has 6 nitrogen and oxygen atoms in total. The summed E-state index contributed by atoms with van der Waals surface area (Å²) in [5.41, 5.74) is 1.14. The number of hydrogen-bond acceptors (Lipinski definition) is 5. The van der Waals surface area contributed by atoms with Crippen molar-refractivity contribution in [3.05, 3.63) is 70.3 Å². The molecule has 1 amide bonds. The number of carbonyl (C=O) groups excluding carboxylic acids is 2.